The van der Waals surface area contributed by atoms with Crippen molar-refractivity contribution < 1.29 is 9.53 Å². The van der Waals surface area contributed by atoms with Gasteiger partial charge in [0.05, 0.1) is 0 Å². The molecule has 1 amide bonds. The minimum absolute atomic E-state index is 0.235. The number of hydrogen-bond donors (Lipinski definition) is 2. The van der Waals surface area contributed by atoms with Gasteiger partial charge in [-0.2, -0.15) is 0 Å². The maximum Gasteiger partial charge on any atom is 0.407 e. The zero-order valence-electron chi connectivity index (χ0n) is 13.7. The Morgan fingerprint density at radius 3 is 2.05 bits per heavy atom. The highest BCUT2D eigenvalue weighted by Gasteiger charge is 2.64. The molecular weight excluding hydrogens is 240 g/mol. The number of hydrogen-bond acceptors (Lipinski definition) is 3. The first-order valence-corrected chi connectivity index (χ1v) is 7.11. The fraction of sp³-hybridized carbons (Fsp3) is 0.933. The lowest BCUT2D eigenvalue weighted by molar-refractivity contribution is 0.0523. The van der Waals surface area contributed by atoms with Gasteiger partial charge in [-0.15, -0.1) is 0 Å². The molecule has 4 heteroatoms. The minimum atomic E-state index is -0.443. The van der Waals surface area contributed by atoms with Crippen LogP contribution in [-0.4, -0.2) is 30.3 Å². The molecule has 0 aromatic heterocycles. The van der Waals surface area contributed by atoms with Gasteiger partial charge in [-0.25, -0.2) is 4.79 Å². The Bertz CT molecular complexity index is 329. The number of rotatable bonds is 4. The van der Waals surface area contributed by atoms with Gasteiger partial charge in [0, 0.05) is 18.6 Å². The minimum Gasteiger partial charge on any atom is -0.444 e. The average molecular weight is 270 g/mol. The van der Waals surface area contributed by atoms with E-state index >= 15 is 0 Å². The number of nitrogens with one attached hydrogen (secondary N) is 2. The van der Waals surface area contributed by atoms with E-state index < -0.39 is 5.60 Å². The molecule has 0 spiro atoms. The summed E-state index contributed by atoms with van der Waals surface area (Å²) in [4.78, 5) is 11.6. The molecule has 1 atom stereocenters. The summed E-state index contributed by atoms with van der Waals surface area (Å²) in [6, 6.07) is 0.731. The molecule has 1 unspecified atom stereocenters. The third-order valence-corrected chi connectivity index (χ3v) is 4.42. The smallest absolute Gasteiger partial charge is 0.407 e. The summed E-state index contributed by atoms with van der Waals surface area (Å²) >= 11 is 0. The van der Waals surface area contributed by atoms with Crippen molar-refractivity contribution in [1.82, 2.24) is 10.6 Å². The Balaban J connectivity index is 2.30. The van der Waals surface area contributed by atoms with Crippen molar-refractivity contribution in [3.63, 3.8) is 0 Å². The lowest BCUT2D eigenvalue weighted by Crippen LogP contribution is -2.43. The average Bonchev–Trinajstić information content (AvgIpc) is 2.55. The second-order valence-corrected chi connectivity index (χ2v) is 7.83. The van der Waals surface area contributed by atoms with Gasteiger partial charge >= 0.3 is 6.09 Å². The highest BCUT2D eigenvalue weighted by Crippen LogP contribution is 2.62. The molecule has 112 valence electrons. The Hall–Kier alpha value is -0.770. The molecule has 0 aromatic carbocycles. The number of amides is 1. The summed E-state index contributed by atoms with van der Waals surface area (Å²) < 4.78 is 5.21. The van der Waals surface area contributed by atoms with Gasteiger partial charge in [0.15, 0.2) is 0 Å². The second kappa shape index (κ2) is 4.97. The van der Waals surface area contributed by atoms with Gasteiger partial charge < -0.3 is 15.4 Å². The van der Waals surface area contributed by atoms with E-state index in [9.17, 15) is 4.79 Å². The van der Waals surface area contributed by atoms with Crippen molar-refractivity contribution >= 4 is 6.09 Å². The maximum absolute atomic E-state index is 11.6. The van der Waals surface area contributed by atoms with Gasteiger partial charge in [0.2, 0.25) is 0 Å². The predicted octanol–water partition coefficient (Wildman–Crippen LogP) is 2.92. The van der Waals surface area contributed by atoms with Crippen LogP contribution >= 0.6 is 0 Å². The summed E-state index contributed by atoms with van der Waals surface area (Å²) in [5.41, 5.74) is 0.182. The molecule has 0 bridgehead atoms. The van der Waals surface area contributed by atoms with Crippen LogP contribution in [0, 0.1) is 10.8 Å². The molecule has 1 aliphatic rings. The van der Waals surface area contributed by atoms with Crippen LogP contribution in [0.4, 0.5) is 4.79 Å². The van der Waals surface area contributed by atoms with Crippen LogP contribution < -0.4 is 10.6 Å². The van der Waals surface area contributed by atoms with Crippen molar-refractivity contribution in [2.45, 2.75) is 73.1 Å². The highest BCUT2D eigenvalue weighted by molar-refractivity contribution is 5.67. The van der Waals surface area contributed by atoms with Crippen molar-refractivity contribution in [2.24, 2.45) is 10.8 Å². The first kappa shape index (κ1) is 16.3. The standard InChI is InChI=1S/C15H30N2O2/c1-10(9-16-12(18)19-13(2,3)4)17-11-14(5,6)15(11,7)8/h10-11,17H,9H2,1-8H3,(H,16,18). The van der Waals surface area contributed by atoms with Gasteiger partial charge in [-0.3, -0.25) is 0 Å². The van der Waals surface area contributed by atoms with E-state index in [4.69, 9.17) is 4.74 Å². The Labute approximate surface area is 117 Å². The van der Waals surface area contributed by atoms with Crippen LogP contribution in [0.25, 0.3) is 0 Å². The van der Waals surface area contributed by atoms with Gasteiger partial charge in [0.25, 0.3) is 0 Å². The fourth-order valence-electron chi connectivity index (χ4n) is 2.51. The zero-order chi connectivity index (χ0) is 15.1. The monoisotopic (exact) mass is 270 g/mol. The van der Waals surface area contributed by atoms with Crippen LogP contribution in [0.15, 0.2) is 0 Å². The molecule has 1 aliphatic carbocycles. The SMILES string of the molecule is CC(CNC(=O)OC(C)(C)C)NC1C(C)(C)C1(C)C. The molecule has 19 heavy (non-hydrogen) atoms. The molecule has 1 rings (SSSR count). The molecule has 4 nitrogen and oxygen atoms in total. The van der Waals surface area contributed by atoms with Crippen molar-refractivity contribution in [3.8, 4) is 0 Å². The molecule has 0 saturated heterocycles. The molecule has 0 heterocycles. The lowest BCUT2D eigenvalue weighted by Gasteiger charge is -2.21. The van der Waals surface area contributed by atoms with E-state index in [1.54, 1.807) is 0 Å². The number of ether oxygens (including phenoxy) is 1. The van der Waals surface area contributed by atoms with E-state index in [1.807, 2.05) is 20.8 Å². The largest absolute Gasteiger partial charge is 0.444 e. The van der Waals surface area contributed by atoms with Crippen molar-refractivity contribution in [1.29, 1.82) is 0 Å². The van der Waals surface area contributed by atoms with E-state index in [0.717, 1.165) is 0 Å². The Morgan fingerprint density at radius 1 is 1.21 bits per heavy atom. The normalized spacial score (nSPS) is 22.7. The first-order chi connectivity index (χ1) is 8.38. The predicted molar refractivity (Wildman–Crippen MR) is 78.2 cm³/mol. The fourth-order valence-corrected chi connectivity index (χ4v) is 2.51. The van der Waals surface area contributed by atoms with E-state index in [0.29, 0.717) is 23.4 Å². The highest BCUT2D eigenvalue weighted by atomic mass is 16.6. The van der Waals surface area contributed by atoms with Gasteiger partial charge in [-0.05, 0) is 38.5 Å². The van der Waals surface area contributed by atoms with Crippen LogP contribution in [0.5, 0.6) is 0 Å². The number of carbonyl (C=O) groups is 1. The first-order valence-electron chi connectivity index (χ1n) is 7.11. The van der Waals surface area contributed by atoms with E-state index in [-0.39, 0.29) is 12.1 Å². The lowest BCUT2D eigenvalue weighted by atomic mass is 10.0. The van der Waals surface area contributed by atoms with Crippen molar-refractivity contribution in [2.75, 3.05) is 6.54 Å². The zero-order valence-corrected chi connectivity index (χ0v) is 13.7. The van der Waals surface area contributed by atoms with Gasteiger partial charge in [-0.1, -0.05) is 27.7 Å². The van der Waals surface area contributed by atoms with Crippen molar-refractivity contribution in [3.05, 3.63) is 0 Å². The summed E-state index contributed by atoms with van der Waals surface area (Å²) in [7, 11) is 0. The molecular formula is C15H30N2O2. The van der Waals surface area contributed by atoms with E-state index in [2.05, 4.69) is 45.3 Å². The molecule has 0 aliphatic heterocycles. The van der Waals surface area contributed by atoms with Crippen LogP contribution in [-0.2, 0) is 4.74 Å². The van der Waals surface area contributed by atoms with Crippen LogP contribution in [0.3, 0.4) is 0 Å². The summed E-state index contributed by atoms with van der Waals surface area (Å²) in [5.74, 6) is 0. The second-order valence-electron chi connectivity index (χ2n) is 7.83. The Morgan fingerprint density at radius 2 is 1.68 bits per heavy atom. The summed E-state index contributed by atoms with van der Waals surface area (Å²) in [6.45, 7) is 17.4. The molecule has 1 saturated carbocycles. The molecule has 2 N–H and O–H groups in total. The Kier molecular flexibility index (Phi) is 4.26. The van der Waals surface area contributed by atoms with Crippen LogP contribution in [0.1, 0.15) is 55.4 Å². The molecule has 1 fully saturated rings. The third kappa shape index (κ3) is 3.85. The van der Waals surface area contributed by atoms with Gasteiger partial charge in [0.1, 0.15) is 5.60 Å². The van der Waals surface area contributed by atoms with E-state index in [1.165, 1.54) is 0 Å². The molecule has 0 aromatic rings. The summed E-state index contributed by atoms with van der Waals surface area (Å²) in [6.07, 6.45) is -0.351. The number of alkyl carbamates (subject to hydrolysis) is 1. The topological polar surface area (TPSA) is 50.4 Å². The quantitative estimate of drug-likeness (QED) is 0.826. The maximum atomic E-state index is 11.6. The molecule has 0 radical (unpaired) electrons. The van der Waals surface area contributed by atoms with Crippen LogP contribution in [0.2, 0.25) is 0 Å². The third-order valence-electron chi connectivity index (χ3n) is 4.42. The summed E-state index contributed by atoms with van der Waals surface area (Å²) in [5, 5.41) is 6.39. The number of carbonyl (C=O) groups excluding carboxylic acids is 1.